The highest BCUT2D eigenvalue weighted by Crippen LogP contribution is 2.32. The van der Waals surface area contributed by atoms with Gasteiger partial charge in [-0.15, -0.1) is 0 Å². The standard InChI is InChI=1S/C32H30FN3O5.C7H8O3S/c1-20-30(31(38)36(35(20)4)22-8-6-5-7-9-22)27(37)17-21-10-13-29(25(33)16-21)41-28-14-15-34-26-18-23(11-12-24(26)28)40-19-32(2,3)39;1-6-2-4-7(5-3-6)11(8,9)10/h5-16,18,39H,17,19H2,1-4H3;2-5H,1H3,(H,8,9,10). The van der Waals surface area contributed by atoms with Crippen LogP contribution in [0.4, 0.5) is 4.39 Å². The van der Waals surface area contributed by atoms with Crippen LogP contribution in [0, 0.1) is 19.7 Å². The van der Waals surface area contributed by atoms with Crippen molar-refractivity contribution in [2.24, 2.45) is 7.05 Å². The number of aliphatic hydroxyl groups is 1. The molecule has 0 bridgehead atoms. The summed E-state index contributed by atoms with van der Waals surface area (Å²) >= 11 is 0. The van der Waals surface area contributed by atoms with E-state index in [9.17, 15) is 23.1 Å². The van der Waals surface area contributed by atoms with Gasteiger partial charge >= 0.3 is 0 Å². The van der Waals surface area contributed by atoms with Crippen LogP contribution in [0.2, 0.25) is 0 Å². The number of para-hydroxylation sites is 1. The predicted molar refractivity (Wildman–Crippen MR) is 195 cm³/mol. The number of hydrogen-bond donors (Lipinski definition) is 2. The molecule has 6 aromatic rings. The number of fused-ring (bicyclic) bond motifs is 1. The highest BCUT2D eigenvalue weighted by atomic mass is 32.2. The summed E-state index contributed by atoms with van der Waals surface area (Å²) in [6, 6.07) is 26.2. The molecule has 0 aliphatic heterocycles. The summed E-state index contributed by atoms with van der Waals surface area (Å²) in [5.74, 6) is -0.120. The van der Waals surface area contributed by atoms with Gasteiger partial charge in [-0.1, -0.05) is 42.0 Å². The monoisotopic (exact) mass is 727 g/mol. The fraction of sp³-hybridized carbons (Fsp3) is 0.205. The van der Waals surface area contributed by atoms with Crippen molar-refractivity contribution in [1.82, 2.24) is 14.3 Å². The van der Waals surface area contributed by atoms with Crippen molar-refractivity contribution in [2.75, 3.05) is 6.61 Å². The van der Waals surface area contributed by atoms with E-state index in [2.05, 4.69) is 4.98 Å². The van der Waals surface area contributed by atoms with Gasteiger partial charge in [-0.25, -0.2) is 9.07 Å². The maximum Gasteiger partial charge on any atom is 0.294 e. The van der Waals surface area contributed by atoms with Gasteiger partial charge in [0.2, 0.25) is 0 Å². The van der Waals surface area contributed by atoms with Crippen molar-refractivity contribution in [3.8, 4) is 22.9 Å². The number of nitrogens with zero attached hydrogens (tertiary/aromatic N) is 3. The van der Waals surface area contributed by atoms with Gasteiger partial charge < -0.3 is 14.6 Å². The Kier molecular flexibility index (Phi) is 11.1. The van der Waals surface area contributed by atoms with Crippen LogP contribution in [0.25, 0.3) is 16.6 Å². The van der Waals surface area contributed by atoms with E-state index in [0.29, 0.717) is 39.3 Å². The van der Waals surface area contributed by atoms with Gasteiger partial charge in [0.05, 0.1) is 21.7 Å². The van der Waals surface area contributed by atoms with Crippen molar-refractivity contribution >= 4 is 26.8 Å². The van der Waals surface area contributed by atoms with E-state index in [1.807, 2.05) is 25.1 Å². The maximum absolute atomic E-state index is 15.1. The molecule has 0 atom stereocenters. The van der Waals surface area contributed by atoms with Gasteiger partial charge in [0.25, 0.3) is 15.7 Å². The van der Waals surface area contributed by atoms with E-state index in [-0.39, 0.29) is 29.2 Å². The number of ether oxygens (including phenoxy) is 2. The molecular formula is C39H38FN3O8S. The molecule has 0 aliphatic carbocycles. The van der Waals surface area contributed by atoms with Gasteiger partial charge in [0, 0.05) is 36.8 Å². The average Bonchev–Trinajstić information content (AvgIpc) is 3.31. The number of rotatable bonds is 10. The molecule has 2 aromatic heterocycles. The molecule has 6 rings (SSSR count). The molecule has 270 valence electrons. The molecule has 0 radical (unpaired) electrons. The largest absolute Gasteiger partial charge is 0.491 e. The summed E-state index contributed by atoms with van der Waals surface area (Å²) in [6.07, 6.45) is 1.41. The highest BCUT2D eigenvalue weighted by Gasteiger charge is 2.23. The Bertz CT molecular complexity index is 2400. The molecule has 0 spiro atoms. The molecule has 0 saturated carbocycles. The third kappa shape index (κ3) is 8.99. The number of benzene rings is 4. The van der Waals surface area contributed by atoms with Crippen molar-refractivity contribution in [3.05, 3.63) is 142 Å². The van der Waals surface area contributed by atoms with E-state index in [4.69, 9.17) is 14.0 Å². The molecule has 0 saturated heterocycles. The fourth-order valence-corrected chi connectivity index (χ4v) is 5.75. The third-order valence-corrected chi connectivity index (χ3v) is 8.87. The Morgan fingerprint density at radius 1 is 0.923 bits per heavy atom. The Morgan fingerprint density at radius 2 is 1.62 bits per heavy atom. The lowest BCUT2D eigenvalue weighted by molar-refractivity contribution is 0.0285. The molecule has 0 fully saturated rings. The number of halogens is 1. The van der Waals surface area contributed by atoms with Crippen LogP contribution in [0.15, 0.2) is 113 Å². The van der Waals surface area contributed by atoms with Crippen LogP contribution in [0.5, 0.6) is 17.2 Å². The summed E-state index contributed by atoms with van der Waals surface area (Å²) in [6.45, 7) is 6.97. The average molecular weight is 728 g/mol. The number of aromatic nitrogens is 3. The molecule has 4 aromatic carbocycles. The third-order valence-electron chi connectivity index (χ3n) is 8.00. The normalized spacial score (nSPS) is 11.5. The molecular weight excluding hydrogens is 690 g/mol. The van der Waals surface area contributed by atoms with Gasteiger partial charge in [-0.2, -0.15) is 8.42 Å². The number of hydrogen-bond acceptors (Lipinski definition) is 8. The lowest BCUT2D eigenvalue weighted by atomic mass is 10.0. The summed E-state index contributed by atoms with van der Waals surface area (Å²) in [7, 11) is -2.30. The Morgan fingerprint density at radius 3 is 2.25 bits per heavy atom. The van der Waals surface area contributed by atoms with Gasteiger partial charge in [0.1, 0.15) is 23.7 Å². The van der Waals surface area contributed by atoms with Crippen molar-refractivity contribution < 1.29 is 36.7 Å². The number of carbonyl (C=O) groups excluding carboxylic acids is 1. The van der Waals surface area contributed by atoms with E-state index >= 15 is 4.39 Å². The first-order chi connectivity index (χ1) is 24.5. The number of Topliss-reactive ketones (excluding diaryl/α,β-unsaturated/α-hetero) is 1. The first kappa shape index (κ1) is 37.6. The SMILES string of the molecule is Cc1c(C(=O)Cc2ccc(Oc3ccnc4cc(OCC(C)(C)O)ccc34)c(F)c2)c(=O)n(-c2ccccc2)n1C.Cc1ccc(S(=O)(=O)O)cc1. The molecule has 52 heavy (non-hydrogen) atoms. The molecule has 0 unspecified atom stereocenters. The van der Waals surface area contributed by atoms with Gasteiger partial charge in [-0.3, -0.25) is 23.8 Å². The number of ketones is 1. The van der Waals surface area contributed by atoms with E-state index in [0.717, 1.165) is 5.56 Å². The van der Waals surface area contributed by atoms with Crippen LogP contribution < -0.4 is 15.0 Å². The van der Waals surface area contributed by atoms with E-state index in [1.165, 1.54) is 28.9 Å². The minimum Gasteiger partial charge on any atom is -0.491 e. The number of pyridine rings is 1. The van der Waals surface area contributed by atoms with Gasteiger partial charge in [0.15, 0.2) is 17.3 Å². The van der Waals surface area contributed by atoms with Crippen molar-refractivity contribution in [2.45, 2.75) is 44.6 Å². The zero-order valence-corrected chi connectivity index (χ0v) is 30.0. The fourth-order valence-electron chi connectivity index (χ4n) is 5.27. The van der Waals surface area contributed by atoms with Crippen LogP contribution >= 0.6 is 0 Å². The van der Waals surface area contributed by atoms with Crippen LogP contribution in [-0.4, -0.2) is 50.4 Å². The summed E-state index contributed by atoms with van der Waals surface area (Å²) in [5.41, 5.74) is 1.81. The second-order valence-electron chi connectivity index (χ2n) is 12.8. The molecule has 11 nitrogen and oxygen atoms in total. The number of carbonyl (C=O) groups is 1. The van der Waals surface area contributed by atoms with Gasteiger partial charge in [-0.05, 0) is 87.9 Å². The van der Waals surface area contributed by atoms with Crippen molar-refractivity contribution in [3.63, 3.8) is 0 Å². The van der Waals surface area contributed by atoms with Crippen LogP contribution in [0.1, 0.15) is 41.0 Å². The number of aryl methyl sites for hydroxylation is 1. The van der Waals surface area contributed by atoms with Crippen LogP contribution in [0.3, 0.4) is 0 Å². The van der Waals surface area contributed by atoms with Crippen molar-refractivity contribution in [1.29, 1.82) is 0 Å². The lowest BCUT2D eigenvalue weighted by Crippen LogP contribution is -2.27. The molecule has 2 N–H and O–H groups in total. The summed E-state index contributed by atoms with van der Waals surface area (Å²) in [4.78, 5) is 30.7. The Balaban J connectivity index is 0.000000407. The summed E-state index contributed by atoms with van der Waals surface area (Å²) in [5, 5.41) is 10.5. The minimum atomic E-state index is -4.02. The minimum absolute atomic E-state index is 0.0154. The molecule has 0 aliphatic rings. The highest BCUT2D eigenvalue weighted by molar-refractivity contribution is 7.85. The second kappa shape index (κ2) is 15.3. The Labute approximate surface area is 300 Å². The first-order valence-electron chi connectivity index (χ1n) is 16.1. The van der Waals surface area contributed by atoms with E-state index < -0.39 is 32.9 Å². The lowest BCUT2D eigenvalue weighted by Gasteiger charge is -2.18. The smallest absolute Gasteiger partial charge is 0.294 e. The first-order valence-corrected chi connectivity index (χ1v) is 17.6. The molecule has 13 heteroatoms. The quantitative estimate of drug-likeness (QED) is 0.115. The Hall–Kier alpha value is -5.63. The van der Waals surface area contributed by atoms with E-state index in [1.54, 1.807) is 93.3 Å². The van der Waals surface area contributed by atoms with Crippen LogP contribution in [-0.2, 0) is 23.6 Å². The zero-order chi connectivity index (χ0) is 37.8. The topological polar surface area (TPSA) is 150 Å². The molecule has 2 heterocycles. The zero-order valence-electron chi connectivity index (χ0n) is 29.2. The second-order valence-corrected chi connectivity index (χ2v) is 14.2. The predicted octanol–water partition coefficient (Wildman–Crippen LogP) is 6.78. The summed E-state index contributed by atoms with van der Waals surface area (Å²) < 4.78 is 59.3. The maximum atomic E-state index is 15.1. The molecule has 0 amide bonds.